The van der Waals surface area contributed by atoms with Crippen molar-refractivity contribution in [1.82, 2.24) is 14.5 Å². The number of hydrogen-bond acceptors (Lipinski definition) is 4. The summed E-state index contributed by atoms with van der Waals surface area (Å²) in [6.07, 6.45) is 5.79. The molecule has 1 saturated heterocycles. The Kier molecular flexibility index (Phi) is 2.72. The molecule has 2 aliphatic rings. The van der Waals surface area contributed by atoms with Crippen LogP contribution in [-0.4, -0.2) is 47.0 Å². The van der Waals surface area contributed by atoms with E-state index >= 15 is 0 Å². The molecule has 0 aromatic carbocycles. The first-order valence-electron chi connectivity index (χ1n) is 6.08. The number of aldehydes is 1. The van der Waals surface area contributed by atoms with Crippen molar-refractivity contribution in [3.05, 3.63) is 18.2 Å². The minimum Gasteiger partial charge on any atom is -0.380 e. The molecule has 0 radical (unpaired) electrons. The molecule has 1 aromatic heterocycles. The first kappa shape index (κ1) is 10.9. The standard InChI is InChI=1S/C12H17N3O2/c16-9-12(1-6-17-10-12)8-14-4-5-15-3-2-13-11(15)7-14/h2-3,9H,1,4-8,10H2. The van der Waals surface area contributed by atoms with E-state index in [0.29, 0.717) is 13.2 Å². The van der Waals surface area contributed by atoms with Crippen LogP contribution in [0.15, 0.2) is 12.4 Å². The Bertz CT molecular complexity index is 410. The van der Waals surface area contributed by atoms with Gasteiger partial charge in [-0.15, -0.1) is 0 Å². The number of carbonyl (C=O) groups is 1. The molecule has 0 bridgehead atoms. The van der Waals surface area contributed by atoms with E-state index in [-0.39, 0.29) is 5.41 Å². The quantitative estimate of drug-likeness (QED) is 0.707. The van der Waals surface area contributed by atoms with Gasteiger partial charge in [-0.3, -0.25) is 4.90 Å². The van der Waals surface area contributed by atoms with Gasteiger partial charge in [0.25, 0.3) is 0 Å². The van der Waals surface area contributed by atoms with Crippen LogP contribution in [0.5, 0.6) is 0 Å². The highest BCUT2D eigenvalue weighted by atomic mass is 16.5. The van der Waals surface area contributed by atoms with Crippen molar-refractivity contribution >= 4 is 6.29 Å². The van der Waals surface area contributed by atoms with E-state index in [1.165, 1.54) is 0 Å². The summed E-state index contributed by atoms with van der Waals surface area (Å²) >= 11 is 0. The summed E-state index contributed by atoms with van der Waals surface area (Å²) in [5, 5.41) is 0. The van der Waals surface area contributed by atoms with Crippen LogP contribution in [0.3, 0.4) is 0 Å². The van der Waals surface area contributed by atoms with Crippen LogP contribution in [0.4, 0.5) is 0 Å². The smallest absolute Gasteiger partial charge is 0.129 e. The first-order valence-corrected chi connectivity index (χ1v) is 6.08. The Hall–Kier alpha value is -1.20. The fraction of sp³-hybridized carbons (Fsp3) is 0.667. The van der Waals surface area contributed by atoms with Crippen molar-refractivity contribution in [1.29, 1.82) is 0 Å². The van der Waals surface area contributed by atoms with Gasteiger partial charge in [0.05, 0.1) is 18.6 Å². The predicted octanol–water partition coefficient (Wildman–Crippen LogP) is 0.304. The number of rotatable bonds is 3. The number of carbonyl (C=O) groups excluding carboxylic acids is 1. The first-order chi connectivity index (χ1) is 8.31. The average Bonchev–Trinajstić information content (AvgIpc) is 2.97. The minimum atomic E-state index is -0.283. The highest BCUT2D eigenvalue weighted by Crippen LogP contribution is 2.28. The van der Waals surface area contributed by atoms with Crippen LogP contribution in [0, 0.1) is 5.41 Å². The summed E-state index contributed by atoms with van der Waals surface area (Å²) in [6.45, 7) is 4.86. The van der Waals surface area contributed by atoms with Crippen molar-refractivity contribution in [3.63, 3.8) is 0 Å². The molecule has 1 fully saturated rings. The van der Waals surface area contributed by atoms with Crippen molar-refractivity contribution < 1.29 is 9.53 Å². The van der Waals surface area contributed by atoms with Gasteiger partial charge in [0.15, 0.2) is 0 Å². The lowest BCUT2D eigenvalue weighted by atomic mass is 9.88. The van der Waals surface area contributed by atoms with Gasteiger partial charge in [0.2, 0.25) is 0 Å². The molecule has 92 valence electrons. The second-order valence-corrected chi connectivity index (χ2v) is 5.03. The number of ether oxygens (including phenoxy) is 1. The number of hydrogen-bond donors (Lipinski definition) is 0. The molecule has 17 heavy (non-hydrogen) atoms. The zero-order valence-corrected chi connectivity index (χ0v) is 9.84. The molecule has 3 heterocycles. The van der Waals surface area contributed by atoms with Crippen molar-refractivity contribution in [2.45, 2.75) is 19.5 Å². The molecule has 0 aliphatic carbocycles. The van der Waals surface area contributed by atoms with E-state index < -0.39 is 0 Å². The normalized spacial score (nSPS) is 29.2. The highest BCUT2D eigenvalue weighted by molar-refractivity contribution is 5.60. The second kappa shape index (κ2) is 4.23. The molecule has 5 nitrogen and oxygen atoms in total. The van der Waals surface area contributed by atoms with Crippen molar-refractivity contribution in [3.8, 4) is 0 Å². The molecule has 0 amide bonds. The van der Waals surface area contributed by atoms with Gasteiger partial charge in [-0.05, 0) is 6.42 Å². The third-order valence-electron chi connectivity index (χ3n) is 3.75. The Balaban J connectivity index is 1.69. The molecule has 0 saturated carbocycles. The summed E-state index contributed by atoms with van der Waals surface area (Å²) in [6, 6.07) is 0. The number of nitrogens with zero attached hydrogens (tertiary/aromatic N) is 3. The highest BCUT2D eigenvalue weighted by Gasteiger charge is 2.37. The molecule has 1 atom stereocenters. The summed E-state index contributed by atoms with van der Waals surface area (Å²) < 4.78 is 7.54. The van der Waals surface area contributed by atoms with Crippen molar-refractivity contribution in [2.75, 3.05) is 26.3 Å². The van der Waals surface area contributed by atoms with Gasteiger partial charge in [-0.1, -0.05) is 0 Å². The Labute approximate surface area is 100 Å². The lowest BCUT2D eigenvalue weighted by molar-refractivity contribution is -0.117. The maximum absolute atomic E-state index is 11.3. The fourth-order valence-electron chi connectivity index (χ4n) is 2.68. The predicted molar refractivity (Wildman–Crippen MR) is 61.4 cm³/mol. The largest absolute Gasteiger partial charge is 0.380 e. The van der Waals surface area contributed by atoms with E-state index in [9.17, 15) is 4.79 Å². The van der Waals surface area contributed by atoms with Crippen LogP contribution in [0.2, 0.25) is 0 Å². The molecule has 2 aliphatic heterocycles. The van der Waals surface area contributed by atoms with Crippen LogP contribution in [0.25, 0.3) is 0 Å². The van der Waals surface area contributed by atoms with Crippen LogP contribution in [-0.2, 0) is 22.6 Å². The van der Waals surface area contributed by atoms with E-state index in [1.807, 2.05) is 12.4 Å². The topological polar surface area (TPSA) is 47.4 Å². The molecule has 0 spiro atoms. The van der Waals surface area contributed by atoms with Gasteiger partial charge in [-0.2, -0.15) is 0 Å². The summed E-state index contributed by atoms with van der Waals surface area (Å²) in [7, 11) is 0. The molecule has 5 heteroatoms. The third kappa shape index (κ3) is 2.00. The van der Waals surface area contributed by atoms with Gasteiger partial charge in [0.1, 0.15) is 12.1 Å². The number of fused-ring (bicyclic) bond motifs is 1. The van der Waals surface area contributed by atoms with E-state index in [0.717, 1.165) is 44.7 Å². The summed E-state index contributed by atoms with van der Waals surface area (Å²) in [5.74, 6) is 1.09. The minimum absolute atomic E-state index is 0.283. The summed E-state index contributed by atoms with van der Waals surface area (Å²) in [5.41, 5.74) is -0.283. The molecule has 1 aromatic rings. The van der Waals surface area contributed by atoms with Crippen LogP contribution in [0.1, 0.15) is 12.2 Å². The van der Waals surface area contributed by atoms with Crippen LogP contribution < -0.4 is 0 Å². The Morgan fingerprint density at radius 3 is 3.24 bits per heavy atom. The maximum Gasteiger partial charge on any atom is 0.129 e. The average molecular weight is 235 g/mol. The molecular weight excluding hydrogens is 218 g/mol. The van der Waals surface area contributed by atoms with Gasteiger partial charge in [0, 0.05) is 38.6 Å². The van der Waals surface area contributed by atoms with Gasteiger partial charge in [-0.25, -0.2) is 4.98 Å². The second-order valence-electron chi connectivity index (χ2n) is 5.03. The molecule has 0 N–H and O–H groups in total. The lowest BCUT2D eigenvalue weighted by Crippen LogP contribution is -2.43. The summed E-state index contributed by atoms with van der Waals surface area (Å²) in [4.78, 5) is 17.9. The molecular formula is C12H17N3O2. The lowest BCUT2D eigenvalue weighted by Gasteiger charge is -2.33. The zero-order chi connectivity index (χ0) is 11.7. The Morgan fingerprint density at radius 1 is 1.53 bits per heavy atom. The van der Waals surface area contributed by atoms with Crippen molar-refractivity contribution in [2.24, 2.45) is 5.41 Å². The SMILES string of the molecule is O=CC1(CN2CCn3ccnc3C2)CCOC1. The van der Waals surface area contributed by atoms with Gasteiger partial charge < -0.3 is 14.1 Å². The van der Waals surface area contributed by atoms with Crippen LogP contribution >= 0.6 is 0 Å². The fourth-order valence-corrected chi connectivity index (χ4v) is 2.68. The van der Waals surface area contributed by atoms with E-state index in [4.69, 9.17) is 4.74 Å². The third-order valence-corrected chi connectivity index (χ3v) is 3.75. The Morgan fingerprint density at radius 2 is 2.47 bits per heavy atom. The maximum atomic E-state index is 11.3. The zero-order valence-electron chi connectivity index (χ0n) is 9.84. The number of aromatic nitrogens is 2. The molecule has 1 unspecified atom stereocenters. The van der Waals surface area contributed by atoms with Gasteiger partial charge >= 0.3 is 0 Å². The monoisotopic (exact) mass is 235 g/mol. The number of imidazole rings is 1. The van der Waals surface area contributed by atoms with E-state index in [2.05, 4.69) is 14.5 Å². The molecule has 3 rings (SSSR count). The van der Waals surface area contributed by atoms with E-state index in [1.54, 1.807) is 0 Å².